The normalized spacial score (nSPS) is 12.5. The van der Waals surface area contributed by atoms with E-state index in [1.54, 1.807) is 6.33 Å². The number of nitrogens with one attached hydrogen (secondary N) is 2. The summed E-state index contributed by atoms with van der Waals surface area (Å²) in [7, 11) is 0. The summed E-state index contributed by atoms with van der Waals surface area (Å²) in [6.45, 7) is 13.6. The van der Waals surface area contributed by atoms with Crippen molar-refractivity contribution in [2.45, 2.75) is 53.6 Å². The van der Waals surface area contributed by atoms with Gasteiger partial charge in [0.1, 0.15) is 12.2 Å². The van der Waals surface area contributed by atoms with E-state index in [0.717, 1.165) is 48.4 Å². The zero-order chi connectivity index (χ0) is 21.1. The lowest BCUT2D eigenvalue weighted by molar-refractivity contribution is 0.287. The molecule has 0 fully saturated rings. The van der Waals surface area contributed by atoms with Gasteiger partial charge < -0.3 is 24.7 Å². The molecule has 1 heterocycles. The van der Waals surface area contributed by atoms with Crippen molar-refractivity contribution in [1.29, 1.82) is 0 Å². The van der Waals surface area contributed by atoms with Crippen LogP contribution in [-0.4, -0.2) is 47.0 Å². The van der Waals surface area contributed by atoms with E-state index in [2.05, 4.69) is 47.7 Å². The van der Waals surface area contributed by atoms with Crippen molar-refractivity contribution in [3.8, 4) is 11.5 Å². The lowest BCUT2D eigenvalue weighted by Crippen LogP contribution is -2.39. The highest BCUT2D eigenvalue weighted by Crippen LogP contribution is 2.30. The third kappa shape index (κ3) is 6.66. The van der Waals surface area contributed by atoms with Crippen molar-refractivity contribution in [2.24, 2.45) is 4.99 Å². The van der Waals surface area contributed by atoms with Gasteiger partial charge in [-0.05, 0) is 45.4 Å². The zero-order valence-corrected chi connectivity index (χ0v) is 18.2. The summed E-state index contributed by atoms with van der Waals surface area (Å²) in [6.07, 6.45) is 2.62. The Kier molecular flexibility index (Phi) is 9.27. The Hall–Kier alpha value is -2.77. The molecular weight excluding hydrogens is 368 g/mol. The standard InChI is InChI=1S/C21H34N6O2/c1-6-20-26-24-15-27(20)13-12-23-21(22-7-2)25-16(5)17-10-11-18(28-8-3)19(14-17)29-9-4/h10-11,14-16H,6-9,12-13H2,1-5H3,(H2,22,23,25). The zero-order valence-electron chi connectivity index (χ0n) is 18.2. The molecule has 0 aliphatic heterocycles. The topological polar surface area (TPSA) is 85.6 Å². The van der Waals surface area contributed by atoms with Gasteiger partial charge in [-0.25, -0.2) is 0 Å². The molecule has 1 unspecified atom stereocenters. The van der Waals surface area contributed by atoms with E-state index < -0.39 is 0 Å². The lowest BCUT2D eigenvalue weighted by Gasteiger charge is -2.20. The number of aromatic nitrogens is 3. The van der Waals surface area contributed by atoms with Crippen LogP contribution in [-0.2, 0) is 13.0 Å². The molecule has 0 saturated heterocycles. The van der Waals surface area contributed by atoms with Gasteiger partial charge in [-0.1, -0.05) is 13.0 Å². The number of guanidine groups is 1. The first-order chi connectivity index (χ1) is 14.1. The maximum absolute atomic E-state index is 5.75. The van der Waals surface area contributed by atoms with Crippen LogP contribution in [0.5, 0.6) is 11.5 Å². The second-order valence-electron chi connectivity index (χ2n) is 6.49. The molecule has 0 saturated carbocycles. The van der Waals surface area contributed by atoms with E-state index in [1.165, 1.54) is 0 Å². The number of nitrogens with zero attached hydrogens (tertiary/aromatic N) is 4. The fourth-order valence-corrected chi connectivity index (χ4v) is 2.95. The average Bonchev–Trinajstić information content (AvgIpc) is 3.17. The third-order valence-corrected chi connectivity index (χ3v) is 4.39. The number of benzene rings is 1. The van der Waals surface area contributed by atoms with Crippen molar-refractivity contribution >= 4 is 5.96 Å². The van der Waals surface area contributed by atoms with Gasteiger partial charge in [0.2, 0.25) is 0 Å². The first-order valence-corrected chi connectivity index (χ1v) is 10.4. The molecule has 0 aliphatic carbocycles. The van der Waals surface area contributed by atoms with Gasteiger partial charge in [0.25, 0.3) is 0 Å². The molecule has 1 aromatic carbocycles. The summed E-state index contributed by atoms with van der Waals surface area (Å²) < 4.78 is 13.4. The lowest BCUT2D eigenvalue weighted by atomic mass is 10.1. The molecular formula is C21H34N6O2. The minimum atomic E-state index is 0.0591. The second-order valence-corrected chi connectivity index (χ2v) is 6.49. The summed E-state index contributed by atoms with van der Waals surface area (Å²) in [4.78, 5) is 4.70. The van der Waals surface area contributed by atoms with Gasteiger partial charge in [0.05, 0.1) is 25.8 Å². The van der Waals surface area contributed by atoms with Gasteiger partial charge in [-0.3, -0.25) is 4.99 Å². The molecule has 160 valence electrons. The maximum atomic E-state index is 5.75. The number of aryl methyl sites for hydroxylation is 1. The smallest absolute Gasteiger partial charge is 0.191 e. The highest BCUT2D eigenvalue weighted by atomic mass is 16.5. The number of ether oxygens (including phenoxy) is 2. The van der Waals surface area contributed by atoms with Crippen LogP contribution in [0, 0.1) is 0 Å². The number of hydrogen-bond acceptors (Lipinski definition) is 5. The second kappa shape index (κ2) is 11.9. The predicted molar refractivity (Wildman–Crippen MR) is 116 cm³/mol. The predicted octanol–water partition coefficient (Wildman–Crippen LogP) is 2.95. The molecule has 2 aromatic rings. The molecule has 2 N–H and O–H groups in total. The van der Waals surface area contributed by atoms with Crippen LogP contribution in [0.2, 0.25) is 0 Å². The molecule has 0 amide bonds. The van der Waals surface area contributed by atoms with Gasteiger partial charge in [-0.15, -0.1) is 10.2 Å². The highest BCUT2D eigenvalue weighted by molar-refractivity contribution is 5.80. The minimum absolute atomic E-state index is 0.0591. The fraction of sp³-hybridized carbons (Fsp3) is 0.571. The Balaban J connectivity index is 2.05. The minimum Gasteiger partial charge on any atom is -0.490 e. The van der Waals surface area contributed by atoms with Crippen molar-refractivity contribution in [3.05, 3.63) is 35.9 Å². The van der Waals surface area contributed by atoms with Crippen LogP contribution in [0.4, 0.5) is 0 Å². The Morgan fingerprint density at radius 1 is 1.14 bits per heavy atom. The summed E-state index contributed by atoms with van der Waals surface area (Å²) >= 11 is 0. The van der Waals surface area contributed by atoms with E-state index in [1.807, 2.05) is 30.5 Å². The molecule has 29 heavy (non-hydrogen) atoms. The van der Waals surface area contributed by atoms with E-state index >= 15 is 0 Å². The summed E-state index contributed by atoms with van der Waals surface area (Å²) in [5, 5.41) is 14.9. The van der Waals surface area contributed by atoms with Crippen molar-refractivity contribution < 1.29 is 9.47 Å². The highest BCUT2D eigenvalue weighted by Gasteiger charge is 2.12. The number of rotatable bonds is 11. The van der Waals surface area contributed by atoms with Crippen molar-refractivity contribution in [3.63, 3.8) is 0 Å². The van der Waals surface area contributed by atoms with Crippen LogP contribution >= 0.6 is 0 Å². The molecule has 8 nitrogen and oxygen atoms in total. The van der Waals surface area contributed by atoms with E-state index in [0.29, 0.717) is 19.8 Å². The Morgan fingerprint density at radius 3 is 2.59 bits per heavy atom. The molecule has 1 atom stereocenters. The summed E-state index contributed by atoms with van der Waals surface area (Å²) in [5.74, 6) is 3.29. The molecule has 0 radical (unpaired) electrons. The molecule has 0 aliphatic rings. The fourth-order valence-electron chi connectivity index (χ4n) is 2.95. The third-order valence-electron chi connectivity index (χ3n) is 4.39. The molecule has 0 spiro atoms. The van der Waals surface area contributed by atoms with Gasteiger partial charge in [0.15, 0.2) is 17.5 Å². The van der Waals surface area contributed by atoms with E-state index in [4.69, 9.17) is 14.5 Å². The Bertz CT molecular complexity index is 774. The van der Waals surface area contributed by atoms with Crippen molar-refractivity contribution in [2.75, 3.05) is 26.3 Å². The molecule has 1 aromatic heterocycles. The molecule has 8 heteroatoms. The average molecular weight is 403 g/mol. The van der Waals surface area contributed by atoms with Crippen LogP contribution in [0.3, 0.4) is 0 Å². The first kappa shape index (κ1) is 22.5. The monoisotopic (exact) mass is 402 g/mol. The largest absolute Gasteiger partial charge is 0.490 e. The summed E-state index contributed by atoms with van der Waals surface area (Å²) in [5.41, 5.74) is 1.11. The maximum Gasteiger partial charge on any atom is 0.191 e. The van der Waals surface area contributed by atoms with E-state index in [-0.39, 0.29) is 6.04 Å². The van der Waals surface area contributed by atoms with Gasteiger partial charge in [0, 0.05) is 19.5 Å². The number of hydrogen-bond donors (Lipinski definition) is 2. The Labute approximate surface area is 173 Å². The molecule has 2 rings (SSSR count). The Morgan fingerprint density at radius 2 is 1.90 bits per heavy atom. The first-order valence-electron chi connectivity index (χ1n) is 10.4. The van der Waals surface area contributed by atoms with Crippen LogP contribution in [0.1, 0.15) is 52.0 Å². The number of aliphatic imine (C=N–C) groups is 1. The van der Waals surface area contributed by atoms with Gasteiger partial charge >= 0.3 is 0 Å². The van der Waals surface area contributed by atoms with E-state index in [9.17, 15) is 0 Å². The van der Waals surface area contributed by atoms with Gasteiger partial charge in [-0.2, -0.15) is 0 Å². The van der Waals surface area contributed by atoms with Crippen LogP contribution in [0.15, 0.2) is 29.5 Å². The van der Waals surface area contributed by atoms with Crippen LogP contribution < -0.4 is 20.1 Å². The SMILES string of the molecule is CCNC(=NCCn1cnnc1CC)NC(C)c1ccc(OCC)c(OCC)c1. The van der Waals surface area contributed by atoms with Crippen LogP contribution in [0.25, 0.3) is 0 Å². The molecule has 0 bridgehead atoms. The quantitative estimate of drug-likeness (QED) is 0.444. The summed E-state index contributed by atoms with van der Waals surface area (Å²) in [6, 6.07) is 6.10. The van der Waals surface area contributed by atoms with Crippen molar-refractivity contribution in [1.82, 2.24) is 25.4 Å².